The van der Waals surface area contributed by atoms with E-state index in [-0.39, 0.29) is 61.8 Å². The number of thiocarbonyl (C=S) groups is 1. The number of hydrogen-bond acceptors (Lipinski definition) is 8. The van der Waals surface area contributed by atoms with E-state index in [1.807, 2.05) is 30.3 Å². The van der Waals surface area contributed by atoms with Crippen molar-refractivity contribution < 1.29 is 27.8 Å². The number of hydrazine groups is 1. The lowest BCUT2D eigenvalue weighted by atomic mass is 10.1. The van der Waals surface area contributed by atoms with Crippen molar-refractivity contribution in [3.63, 3.8) is 0 Å². The van der Waals surface area contributed by atoms with Crippen LogP contribution in [0.1, 0.15) is 5.56 Å². The number of methoxy groups -OCH3 is 1. The quantitative estimate of drug-likeness (QED) is 0.376. The van der Waals surface area contributed by atoms with Crippen molar-refractivity contribution in [2.45, 2.75) is 12.6 Å². The van der Waals surface area contributed by atoms with Gasteiger partial charge in [-0.1, -0.05) is 18.2 Å². The lowest BCUT2D eigenvalue weighted by Gasteiger charge is -2.25. The van der Waals surface area contributed by atoms with Crippen molar-refractivity contribution in [2.75, 3.05) is 56.2 Å². The number of ether oxygens (including phenoxy) is 2. The van der Waals surface area contributed by atoms with Crippen molar-refractivity contribution in [3.8, 4) is 0 Å². The predicted octanol–water partition coefficient (Wildman–Crippen LogP) is 2.90. The summed E-state index contributed by atoms with van der Waals surface area (Å²) in [6.45, 7) is 1.48. The molecule has 0 bridgehead atoms. The number of para-hydroxylation sites is 1. The Hall–Kier alpha value is -4.30. The Labute approximate surface area is 240 Å². The maximum atomic E-state index is 15.3. The van der Waals surface area contributed by atoms with Crippen LogP contribution in [0.25, 0.3) is 10.9 Å². The highest BCUT2D eigenvalue weighted by Crippen LogP contribution is 2.31. The molecule has 0 saturated carbocycles. The molecule has 1 atom stereocenters. The number of fused-ring (bicyclic) bond motifs is 1. The number of cyclic esters (lactones) is 1. The molecule has 2 aliphatic rings. The zero-order chi connectivity index (χ0) is 28.9. The molecule has 2 saturated heterocycles. The van der Waals surface area contributed by atoms with Crippen molar-refractivity contribution in [2.24, 2.45) is 0 Å². The Balaban J connectivity index is 1.20. The molecule has 0 radical (unpaired) electrons. The van der Waals surface area contributed by atoms with E-state index in [2.05, 4.69) is 21.0 Å². The molecule has 216 valence electrons. The Morgan fingerprint density at radius 1 is 1.17 bits per heavy atom. The van der Waals surface area contributed by atoms with Gasteiger partial charge in [0.15, 0.2) is 11.6 Å². The minimum absolute atomic E-state index is 0.0446. The first-order valence-corrected chi connectivity index (χ1v) is 13.4. The molecular weight excluding hydrogens is 556 g/mol. The first kappa shape index (κ1) is 28.2. The fraction of sp³-hybridized carbons (Fsp3) is 0.333. The molecule has 1 aromatic heterocycles. The van der Waals surface area contributed by atoms with E-state index in [4.69, 9.17) is 21.7 Å². The third-order valence-electron chi connectivity index (χ3n) is 6.86. The number of nitrogens with zero attached hydrogens (tertiary/aromatic N) is 4. The normalized spacial score (nSPS) is 17.3. The van der Waals surface area contributed by atoms with Gasteiger partial charge in [-0.2, -0.15) is 0 Å². The second kappa shape index (κ2) is 12.5. The summed E-state index contributed by atoms with van der Waals surface area (Å²) in [7, 11) is 1.41. The van der Waals surface area contributed by atoms with E-state index in [0.29, 0.717) is 6.54 Å². The van der Waals surface area contributed by atoms with Crippen LogP contribution >= 0.6 is 12.2 Å². The van der Waals surface area contributed by atoms with Crippen molar-refractivity contribution in [3.05, 3.63) is 65.9 Å². The number of carbonyl (C=O) groups is 2. The average molecular weight is 586 g/mol. The number of halogens is 2. The van der Waals surface area contributed by atoms with Gasteiger partial charge in [-0.3, -0.25) is 14.9 Å². The van der Waals surface area contributed by atoms with Gasteiger partial charge in [0.25, 0.3) is 5.17 Å². The maximum Gasteiger partial charge on any atom is 0.414 e. The molecule has 2 aliphatic heterocycles. The number of aromatic nitrogens is 1. The Morgan fingerprint density at radius 3 is 2.73 bits per heavy atom. The molecule has 0 spiro atoms. The number of urea groups is 1. The Bertz CT molecular complexity index is 1430. The van der Waals surface area contributed by atoms with Gasteiger partial charge in [0.05, 0.1) is 37.9 Å². The lowest BCUT2D eigenvalue weighted by molar-refractivity contribution is 0.142. The van der Waals surface area contributed by atoms with Gasteiger partial charge in [-0.25, -0.2) is 23.8 Å². The van der Waals surface area contributed by atoms with E-state index in [1.165, 1.54) is 21.9 Å². The molecule has 3 amide bonds. The molecule has 41 heavy (non-hydrogen) atoms. The summed E-state index contributed by atoms with van der Waals surface area (Å²) in [5.74, 6) is -1.64. The van der Waals surface area contributed by atoms with Gasteiger partial charge >= 0.3 is 12.1 Å². The molecule has 14 heteroatoms. The van der Waals surface area contributed by atoms with Crippen LogP contribution in [-0.4, -0.2) is 79.8 Å². The van der Waals surface area contributed by atoms with E-state index < -0.39 is 23.8 Å². The molecule has 2 aromatic carbocycles. The molecular formula is C27H29F2N7O4S. The highest BCUT2D eigenvalue weighted by atomic mass is 32.1. The number of rotatable bonds is 6. The summed E-state index contributed by atoms with van der Waals surface area (Å²) < 4.78 is 40.7. The van der Waals surface area contributed by atoms with E-state index in [1.54, 1.807) is 6.20 Å². The van der Waals surface area contributed by atoms with Crippen LogP contribution in [0.4, 0.5) is 29.7 Å². The van der Waals surface area contributed by atoms with Gasteiger partial charge < -0.3 is 25.0 Å². The minimum atomic E-state index is -0.822. The maximum absolute atomic E-state index is 15.3. The number of amides is 3. The average Bonchev–Trinajstić information content (AvgIpc) is 3.18. The third kappa shape index (κ3) is 6.38. The monoisotopic (exact) mass is 585 g/mol. The smallest absolute Gasteiger partial charge is 0.414 e. The van der Waals surface area contributed by atoms with Crippen molar-refractivity contribution >= 4 is 51.8 Å². The van der Waals surface area contributed by atoms with Crippen LogP contribution in [0.15, 0.2) is 48.7 Å². The van der Waals surface area contributed by atoms with E-state index in [0.717, 1.165) is 28.6 Å². The standard InChI is InChI=1S/C27H29F2N7O4S/c1-39-26(41)32-15-19-16-35(27(38)40-19)18-12-21(28)24(22(29)13-18)34-9-8-33-36(11-10-34)25(37)31-14-17-6-7-30-23-5-3-2-4-20(17)23/h2-7,12-13,19,33H,8-11,14-16H2,1H3,(H,31,37)(H,32,41)/t19-/m0/s1. The van der Waals surface area contributed by atoms with Gasteiger partial charge in [0.2, 0.25) is 0 Å². The largest absolute Gasteiger partial charge is 0.474 e. The van der Waals surface area contributed by atoms with Crippen LogP contribution in [0, 0.1) is 11.6 Å². The number of carbonyl (C=O) groups excluding carboxylic acids is 2. The molecule has 3 N–H and O–H groups in total. The molecule has 11 nitrogen and oxygen atoms in total. The number of pyridine rings is 1. The van der Waals surface area contributed by atoms with E-state index >= 15 is 8.78 Å². The SMILES string of the molecule is COC(=S)NC[C@H]1CN(c2cc(F)c(N3CCNN(C(=O)NCc4ccnc5ccccc45)CC3)c(F)c2)C(=O)O1. The first-order valence-electron chi connectivity index (χ1n) is 13.0. The summed E-state index contributed by atoms with van der Waals surface area (Å²) in [6.07, 6.45) is 0.404. The summed E-state index contributed by atoms with van der Waals surface area (Å²) in [4.78, 5) is 32.3. The summed E-state index contributed by atoms with van der Waals surface area (Å²) >= 11 is 4.91. The second-order valence-corrected chi connectivity index (χ2v) is 9.81. The Morgan fingerprint density at radius 2 is 1.95 bits per heavy atom. The minimum Gasteiger partial charge on any atom is -0.474 e. The number of benzene rings is 2. The van der Waals surface area contributed by atoms with Crippen LogP contribution < -0.4 is 25.9 Å². The molecule has 0 unspecified atom stereocenters. The van der Waals surface area contributed by atoms with Crippen LogP contribution in [0.2, 0.25) is 0 Å². The van der Waals surface area contributed by atoms with Crippen molar-refractivity contribution in [1.82, 2.24) is 26.1 Å². The first-order chi connectivity index (χ1) is 19.8. The molecule has 3 heterocycles. The van der Waals surface area contributed by atoms with Crippen LogP contribution in [-0.2, 0) is 16.0 Å². The van der Waals surface area contributed by atoms with Gasteiger partial charge in [0, 0.05) is 49.9 Å². The zero-order valence-corrected chi connectivity index (χ0v) is 23.0. The van der Waals surface area contributed by atoms with Crippen molar-refractivity contribution in [1.29, 1.82) is 0 Å². The van der Waals surface area contributed by atoms with Gasteiger partial charge in [-0.15, -0.1) is 0 Å². The van der Waals surface area contributed by atoms with Gasteiger partial charge in [0.1, 0.15) is 11.8 Å². The predicted molar refractivity (Wildman–Crippen MR) is 152 cm³/mol. The third-order valence-corrected chi connectivity index (χ3v) is 7.17. The van der Waals surface area contributed by atoms with Crippen LogP contribution in [0.5, 0.6) is 0 Å². The highest BCUT2D eigenvalue weighted by Gasteiger charge is 2.34. The fourth-order valence-corrected chi connectivity index (χ4v) is 4.91. The molecule has 3 aromatic rings. The fourth-order valence-electron chi connectivity index (χ4n) is 4.82. The molecule has 5 rings (SSSR count). The summed E-state index contributed by atoms with van der Waals surface area (Å²) in [5, 5.41) is 8.18. The summed E-state index contributed by atoms with van der Waals surface area (Å²) in [6, 6.07) is 11.4. The topological polar surface area (TPSA) is 111 Å². The number of anilines is 2. The molecule has 0 aliphatic carbocycles. The molecule has 2 fully saturated rings. The number of hydrogen-bond donors (Lipinski definition) is 3. The Kier molecular flexibility index (Phi) is 8.59. The van der Waals surface area contributed by atoms with E-state index in [9.17, 15) is 9.59 Å². The van der Waals surface area contributed by atoms with Gasteiger partial charge in [-0.05, 0) is 29.9 Å². The highest BCUT2D eigenvalue weighted by molar-refractivity contribution is 7.80. The van der Waals surface area contributed by atoms with Crippen LogP contribution in [0.3, 0.4) is 0 Å². The zero-order valence-electron chi connectivity index (χ0n) is 22.2. The second-order valence-electron chi connectivity index (χ2n) is 9.44. The lowest BCUT2D eigenvalue weighted by Crippen LogP contribution is -2.48. The summed E-state index contributed by atoms with van der Waals surface area (Å²) in [5.41, 5.74) is 4.59. The number of nitrogens with one attached hydrogen (secondary N) is 3.